The van der Waals surface area contributed by atoms with Crippen LogP contribution in [0.2, 0.25) is 0 Å². The number of carbonyl (C=O) groups is 2. The van der Waals surface area contributed by atoms with Crippen LogP contribution < -0.4 is 21.3 Å². The van der Waals surface area contributed by atoms with E-state index >= 15 is 0 Å². The third kappa shape index (κ3) is 3.54. The first-order valence-electron chi connectivity index (χ1n) is 8.77. The summed E-state index contributed by atoms with van der Waals surface area (Å²) >= 11 is 0. The molecule has 0 spiro atoms. The second-order valence-electron chi connectivity index (χ2n) is 6.43. The number of fused-ring (bicyclic) bond motifs is 1. The van der Waals surface area contributed by atoms with Crippen molar-refractivity contribution in [1.82, 2.24) is 9.97 Å². The minimum Gasteiger partial charge on any atom is -0.383 e. The van der Waals surface area contributed by atoms with Crippen molar-refractivity contribution < 1.29 is 14.3 Å². The van der Waals surface area contributed by atoms with Gasteiger partial charge in [0.25, 0.3) is 0 Å². The Labute approximate surface area is 155 Å². The fraction of sp³-hybridized carbons (Fsp3) is 0.333. The van der Waals surface area contributed by atoms with Gasteiger partial charge < -0.3 is 26.0 Å². The molecule has 1 saturated heterocycles. The van der Waals surface area contributed by atoms with E-state index in [9.17, 15) is 9.59 Å². The van der Waals surface area contributed by atoms with Crippen molar-refractivity contribution in [3.05, 3.63) is 35.9 Å². The number of nitrogens with two attached hydrogens (primary N) is 1. The molecule has 1 atom stereocenters. The predicted molar refractivity (Wildman–Crippen MR) is 101 cm³/mol. The molecule has 0 bridgehead atoms. The van der Waals surface area contributed by atoms with Crippen molar-refractivity contribution >= 4 is 35.1 Å². The van der Waals surface area contributed by atoms with Crippen molar-refractivity contribution in [2.24, 2.45) is 0 Å². The molecule has 1 aromatic carbocycles. The van der Waals surface area contributed by atoms with Gasteiger partial charge in [0.05, 0.1) is 24.7 Å². The largest absolute Gasteiger partial charge is 0.383 e. The molecule has 2 aliphatic rings. The topological polar surface area (TPSA) is 122 Å². The van der Waals surface area contributed by atoms with Crippen LogP contribution in [0.15, 0.2) is 30.3 Å². The molecule has 27 heavy (non-hydrogen) atoms. The Hall–Kier alpha value is -3.20. The van der Waals surface area contributed by atoms with Gasteiger partial charge in [0.2, 0.25) is 17.8 Å². The van der Waals surface area contributed by atoms with Crippen molar-refractivity contribution in [3.8, 4) is 0 Å². The van der Waals surface area contributed by atoms with E-state index in [2.05, 4.69) is 20.6 Å². The molecule has 1 aromatic heterocycles. The first-order chi connectivity index (χ1) is 13.1. The minimum absolute atomic E-state index is 0.00384. The molecule has 0 radical (unpaired) electrons. The molecule has 140 valence electrons. The number of aromatic nitrogens is 2. The molecule has 9 nitrogen and oxygen atoms in total. The third-order valence-electron chi connectivity index (χ3n) is 4.61. The van der Waals surface area contributed by atoms with Crippen LogP contribution in [-0.4, -0.2) is 48.1 Å². The lowest BCUT2D eigenvalue weighted by Crippen LogP contribution is -2.38. The van der Waals surface area contributed by atoms with Gasteiger partial charge in [-0.05, 0) is 12.1 Å². The molecule has 1 fully saturated rings. The van der Waals surface area contributed by atoms with Gasteiger partial charge in [-0.2, -0.15) is 9.97 Å². The molecule has 0 aliphatic carbocycles. The highest BCUT2D eigenvalue weighted by Gasteiger charge is 2.35. The summed E-state index contributed by atoms with van der Waals surface area (Å²) in [6, 6.07) is 9.07. The fourth-order valence-electron chi connectivity index (χ4n) is 3.26. The Balaban J connectivity index is 1.64. The highest BCUT2D eigenvalue weighted by molar-refractivity contribution is 6.05. The fourth-order valence-corrected chi connectivity index (χ4v) is 3.26. The number of benzene rings is 1. The summed E-state index contributed by atoms with van der Waals surface area (Å²) in [5, 5.41) is 5.54. The number of carbonyl (C=O) groups excluding carboxylic acids is 2. The standard InChI is InChI=1S/C18H20N6O3/c19-15-14-12(17(26)20-11-4-2-1-3-5-11)10-13(25)21-16(14)23-18(22-15)24-6-8-27-9-7-24/h1-5,12H,6-10H2,(H,20,26)(H3,19,21,22,23,25). The molecular formula is C18H20N6O3. The maximum absolute atomic E-state index is 12.8. The van der Waals surface area contributed by atoms with Crippen LogP contribution in [0.25, 0.3) is 0 Å². The van der Waals surface area contributed by atoms with Gasteiger partial charge in [-0.15, -0.1) is 0 Å². The Morgan fingerprint density at radius 2 is 1.96 bits per heavy atom. The van der Waals surface area contributed by atoms with Gasteiger partial charge in [0.15, 0.2) is 0 Å². The van der Waals surface area contributed by atoms with E-state index in [4.69, 9.17) is 10.5 Å². The smallest absolute Gasteiger partial charge is 0.232 e. The van der Waals surface area contributed by atoms with E-state index in [1.165, 1.54) is 0 Å². The number of hydrogen-bond acceptors (Lipinski definition) is 7. The predicted octanol–water partition coefficient (Wildman–Crippen LogP) is 0.960. The number of ether oxygens (including phenoxy) is 1. The SMILES string of the molecule is Nc1nc(N2CCOCC2)nc2c1C(C(=O)Nc1ccccc1)CC(=O)N2. The maximum Gasteiger partial charge on any atom is 0.232 e. The quantitative estimate of drug-likeness (QED) is 0.737. The maximum atomic E-state index is 12.8. The molecule has 2 amide bonds. The number of hydrogen-bond donors (Lipinski definition) is 3. The molecule has 1 unspecified atom stereocenters. The van der Waals surface area contributed by atoms with Crippen LogP contribution in [0, 0.1) is 0 Å². The number of morpholine rings is 1. The first-order valence-corrected chi connectivity index (χ1v) is 8.77. The Morgan fingerprint density at radius 1 is 1.22 bits per heavy atom. The minimum atomic E-state index is -0.743. The summed E-state index contributed by atoms with van der Waals surface area (Å²) in [4.78, 5) is 35.7. The lowest BCUT2D eigenvalue weighted by molar-refractivity contribution is -0.123. The van der Waals surface area contributed by atoms with Crippen LogP contribution >= 0.6 is 0 Å². The lowest BCUT2D eigenvalue weighted by atomic mass is 9.92. The van der Waals surface area contributed by atoms with Crippen molar-refractivity contribution in [2.75, 3.05) is 47.6 Å². The van der Waals surface area contributed by atoms with Gasteiger partial charge >= 0.3 is 0 Å². The van der Waals surface area contributed by atoms with Gasteiger partial charge in [-0.25, -0.2) is 0 Å². The molecule has 0 saturated carbocycles. The van der Waals surface area contributed by atoms with Gasteiger partial charge in [-0.1, -0.05) is 18.2 Å². The second-order valence-corrected chi connectivity index (χ2v) is 6.43. The zero-order chi connectivity index (χ0) is 18.8. The summed E-state index contributed by atoms with van der Waals surface area (Å²) in [6.45, 7) is 2.44. The zero-order valence-electron chi connectivity index (χ0n) is 14.6. The number of amides is 2. The first kappa shape index (κ1) is 17.2. The van der Waals surface area contributed by atoms with Crippen LogP contribution in [0.1, 0.15) is 17.9 Å². The monoisotopic (exact) mass is 368 g/mol. The molecule has 4 N–H and O–H groups in total. The van der Waals surface area contributed by atoms with E-state index in [0.717, 1.165) is 0 Å². The van der Waals surface area contributed by atoms with Crippen LogP contribution in [0.3, 0.4) is 0 Å². The summed E-state index contributed by atoms with van der Waals surface area (Å²) < 4.78 is 5.34. The highest BCUT2D eigenvalue weighted by Crippen LogP contribution is 2.36. The zero-order valence-corrected chi connectivity index (χ0v) is 14.6. The van der Waals surface area contributed by atoms with Crippen LogP contribution in [-0.2, 0) is 14.3 Å². The third-order valence-corrected chi connectivity index (χ3v) is 4.61. The van der Waals surface area contributed by atoms with Crippen molar-refractivity contribution in [3.63, 3.8) is 0 Å². The molecule has 2 aliphatic heterocycles. The normalized spacial score (nSPS) is 19.2. The van der Waals surface area contributed by atoms with Crippen LogP contribution in [0.5, 0.6) is 0 Å². The summed E-state index contributed by atoms with van der Waals surface area (Å²) in [7, 11) is 0. The average molecular weight is 368 g/mol. The second kappa shape index (κ2) is 7.20. The van der Waals surface area contributed by atoms with E-state index in [-0.39, 0.29) is 24.1 Å². The summed E-state index contributed by atoms with van der Waals surface area (Å²) in [5.41, 5.74) is 7.29. The Bertz CT molecular complexity index is 867. The summed E-state index contributed by atoms with van der Waals surface area (Å²) in [5.74, 6) is -0.400. The number of para-hydroxylation sites is 1. The molecule has 3 heterocycles. The summed E-state index contributed by atoms with van der Waals surface area (Å²) in [6.07, 6.45) is -0.00384. The highest BCUT2D eigenvalue weighted by atomic mass is 16.5. The number of rotatable bonds is 3. The average Bonchev–Trinajstić information content (AvgIpc) is 2.68. The van der Waals surface area contributed by atoms with Gasteiger partial charge in [0, 0.05) is 25.2 Å². The lowest BCUT2D eigenvalue weighted by Gasteiger charge is -2.30. The van der Waals surface area contributed by atoms with E-state index in [1.807, 2.05) is 23.1 Å². The molecular weight excluding hydrogens is 348 g/mol. The van der Waals surface area contributed by atoms with E-state index in [0.29, 0.717) is 49.3 Å². The number of nitrogen functional groups attached to an aromatic ring is 1. The van der Waals surface area contributed by atoms with Crippen LogP contribution in [0.4, 0.5) is 23.3 Å². The van der Waals surface area contributed by atoms with Crippen molar-refractivity contribution in [1.29, 1.82) is 0 Å². The van der Waals surface area contributed by atoms with Crippen molar-refractivity contribution in [2.45, 2.75) is 12.3 Å². The molecule has 2 aromatic rings. The molecule has 9 heteroatoms. The number of anilines is 4. The van der Waals surface area contributed by atoms with E-state index in [1.54, 1.807) is 12.1 Å². The Kier molecular flexibility index (Phi) is 4.59. The van der Waals surface area contributed by atoms with E-state index < -0.39 is 5.92 Å². The Morgan fingerprint density at radius 3 is 2.70 bits per heavy atom. The van der Waals surface area contributed by atoms with Gasteiger partial charge in [-0.3, -0.25) is 9.59 Å². The number of nitrogens with zero attached hydrogens (tertiary/aromatic N) is 3. The van der Waals surface area contributed by atoms with Gasteiger partial charge in [0.1, 0.15) is 11.6 Å². The number of nitrogens with one attached hydrogen (secondary N) is 2. The molecule has 4 rings (SSSR count).